The van der Waals surface area contributed by atoms with Gasteiger partial charge in [-0.2, -0.15) is 0 Å². The van der Waals surface area contributed by atoms with Crippen LogP contribution in [0.2, 0.25) is 0 Å². The van der Waals surface area contributed by atoms with Crippen LogP contribution in [0.4, 0.5) is 5.69 Å². The largest absolute Gasteiger partial charge is 0.508 e. The first-order chi connectivity index (χ1) is 16.3. The van der Waals surface area contributed by atoms with Crippen LogP contribution in [0.25, 0.3) is 5.76 Å². The van der Waals surface area contributed by atoms with Crippen LogP contribution >= 0.6 is 0 Å². The Morgan fingerprint density at radius 3 is 2.35 bits per heavy atom. The second kappa shape index (κ2) is 9.43. The first-order valence-electron chi connectivity index (χ1n) is 11.2. The number of phenols is 1. The molecule has 6 nitrogen and oxygen atoms in total. The van der Waals surface area contributed by atoms with E-state index in [0.29, 0.717) is 29.2 Å². The molecule has 0 aliphatic carbocycles. The molecule has 0 spiro atoms. The number of benzene rings is 3. The number of hydrogen-bond donors (Lipinski definition) is 2. The number of ketones is 1. The summed E-state index contributed by atoms with van der Waals surface area (Å²) in [5.74, 6) is -1.14. The molecule has 4 rings (SSSR count). The van der Waals surface area contributed by atoms with E-state index in [1.165, 1.54) is 17.0 Å². The molecule has 1 aliphatic heterocycles. The second-order valence-corrected chi connectivity index (χ2v) is 8.41. The van der Waals surface area contributed by atoms with E-state index in [4.69, 9.17) is 4.74 Å². The summed E-state index contributed by atoms with van der Waals surface area (Å²) in [6.07, 6.45) is 0.869. The van der Waals surface area contributed by atoms with E-state index in [1.54, 1.807) is 42.5 Å². The van der Waals surface area contributed by atoms with Crippen LogP contribution in [-0.4, -0.2) is 28.5 Å². The van der Waals surface area contributed by atoms with Crippen molar-refractivity contribution in [2.24, 2.45) is 0 Å². The van der Waals surface area contributed by atoms with Gasteiger partial charge in [0.1, 0.15) is 17.3 Å². The van der Waals surface area contributed by atoms with Crippen LogP contribution < -0.4 is 9.64 Å². The molecule has 174 valence electrons. The van der Waals surface area contributed by atoms with E-state index >= 15 is 0 Å². The van der Waals surface area contributed by atoms with Gasteiger partial charge in [0.05, 0.1) is 18.2 Å². The van der Waals surface area contributed by atoms with Crippen molar-refractivity contribution >= 4 is 23.1 Å². The van der Waals surface area contributed by atoms with E-state index in [9.17, 15) is 19.8 Å². The summed E-state index contributed by atoms with van der Waals surface area (Å²) in [6, 6.07) is 17.7. The Hall–Kier alpha value is -4.06. The molecule has 1 unspecified atom stereocenters. The Labute approximate surface area is 198 Å². The van der Waals surface area contributed by atoms with Crippen LogP contribution in [0.3, 0.4) is 0 Å². The Bertz CT molecular complexity index is 1280. The van der Waals surface area contributed by atoms with Crippen LogP contribution in [0.15, 0.2) is 72.3 Å². The number of carbonyl (C=O) groups is 2. The van der Waals surface area contributed by atoms with Crippen molar-refractivity contribution in [2.45, 2.75) is 33.2 Å². The summed E-state index contributed by atoms with van der Waals surface area (Å²) < 4.78 is 5.60. The predicted molar refractivity (Wildman–Crippen MR) is 131 cm³/mol. The number of ether oxygens (including phenoxy) is 1. The number of Topliss-reactive ketones (excluding diaryl/α,β-unsaturated/α-hetero) is 1. The lowest BCUT2D eigenvalue weighted by Crippen LogP contribution is -2.29. The molecule has 2 N–H and O–H groups in total. The molecule has 1 amide bonds. The molecule has 0 saturated carbocycles. The maximum Gasteiger partial charge on any atom is 0.300 e. The molecular formula is C28H27NO5. The van der Waals surface area contributed by atoms with Crippen LogP contribution in [0, 0.1) is 13.8 Å². The lowest BCUT2D eigenvalue weighted by Gasteiger charge is -2.26. The Kier molecular flexibility index (Phi) is 6.41. The van der Waals surface area contributed by atoms with E-state index < -0.39 is 17.7 Å². The summed E-state index contributed by atoms with van der Waals surface area (Å²) in [5, 5.41) is 21.3. The van der Waals surface area contributed by atoms with E-state index in [-0.39, 0.29) is 17.1 Å². The van der Waals surface area contributed by atoms with Gasteiger partial charge in [0.2, 0.25) is 0 Å². The van der Waals surface area contributed by atoms with E-state index in [0.717, 1.165) is 17.5 Å². The zero-order valence-corrected chi connectivity index (χ0v) is 19.4. The number of phenolic OH excluding ortho intramolecular Hbond substituents is 1. The normalized spacial score (nSPS) is 17.3. The number of rotatable bonds is 6. The molecule has 1 fully saturated rings. The number of anilines is 1. The maximum absolute atomic E-state index is 13.2. The topological polar surface area (TPSA) is 87.1 Å². The molecule has 6 heteroatoms. The van der Waals surface area contributed by atoms with Crippen molar-refractivity contribution in [1.29, 1.82) is 0 Å². The molecule has 1 aliphatic rings. The lowest BCUT2D eigenvalue weighted by atomic mass is 9.94. The van der Waals surface area contributed by atoms with Crippen LogP contribution in [0.1, 0.15) is 41.6 Å². The quantitative estimate of drug-likeness (QED) is 0.293. The average molecular weight is 458 g/mol. The van der Waals surface area contributed by atoms with Crippen LogP contribution in [-0.2, 0) is 9.59 Å². The molecule has 0 aromatic heterocycles. The van der Waals surface area contributed by atoms with Gasteiger partial charge in [-0.15, -0.1) is 0 Å². The smallest absolute Gasteiger partial charge is 0.300 e. The molecule has 34 heavy (non-hydrogen) atoms. The predicted octanol–water partition coefficient (Wildman–Crippen LogP) is 5.42. The number of hydrogen-bond acceptors (Lipinski definition) is 5. The molecule has 0 radical (unpaired) electrons. The number of aryl methyl sites for hydroxylation is 2. The van der Waals surface area contributed by atoms with Crippen LogP contribution in [0.5, 0.6) is 11.5 Å². The van der Waals surface area contributed by atoms with Crippen molar-refractivity contribution in [3.05, 3.63) is 94.6 Å². The number of nitrogens with zero attached hydrogens (tertiary/aromatic N) is 1. The Balaban J connectivity index is 1.87. The molecule has 0 bridgehead atoms. The standard InChI is InChI=1S/C28H27NO5/c1-4-14-34-23-12-9-19(10-13-23)26(31)24-25(20-6-5-7-22(30)16-20)29(28(33)27(24)32)21-11-8-17(2)18(3)15-21/h5-13,15-16,25,30-31H,4,14H2,1-3H3/b26-24+. The fourth-order valence-electron chi connectivity index (χ4n) is 4.07. The third-order valence-electron chi connectivity index (χ3n) is 6.00. The van der Waals surface area contributed by atoms with Crippen molar-refractivity contribution in [3.8, 4) is 11.5 Å². The summed E-state index contributed by atoms with van der Waals surface area (Å²) in [5.41, 5.74) is 3.45. The average Bonchev–Trinajstić information content (AvgIpc) is 3.10. The SMILES string of the molecule is CCCOc1ccc(/C(O)=C2\C(=O)C(=O)N(c3ccc(C)c(C)c3)C2c2cccc(O)c2)cc1. The van der Waals surface area contributed by atoms with Gasteiger partial charge in [-0.05, 0) is 85.5 Å². The summed E-state index contributed by atoms with van der Waals surface area (Å²) in [7, 11) is 0. The van der Waals surface area contributed by atoms with Gasteiger partial charge in [-0.1, -0.05) is 25.1 Å². The molecule has 1 atom stereocenters. The summed E-state index contributed by atoms with van der Waals surface area (Å²) in [4.78, 5) is 27.9. The Morgan fingerprint density at radius 1 is 0.971 bits per heavy atom. The summed E-state index contributed by atoms with van der Waals surface area (Å²) in [6.45, 7) is 6.48. The van der Waals surface area contributed by atoms with Gasteiger partial charge in [-0.25, -0.2) is 0 Å². The minimum Gasteiger partial charge on any atom is -0.508 e. The second-order valence-electron chi connectivity index (χ2n) is 8.41. The third kappa shape index (κ3) is 4.27. The first-order valence-corrected chi connectivity index (χ1v) is 11.2. The number of aromatic hydroxyl groups is 1. The van der Waals surface area contributed by atoms with Crippen molar-refractivity contribution in [3.63, 3.8) is 0 Å². The highest BCUT2D eigenvalue weighted by molar-refractivity contribution is 6.51. The minimum absolute atomic E-state index is 0.000556. The highest BCUT2D eigenvalue weighted by atomic mass is 16.5. The highest BCUT2D eigenvalue weighted by Crippen LogP contribution is 2.43. The van der Waals surface area contributed by atoms with Gasteiger partial charge in [-0.3, -0.25) is 14.5 Å². The third-order valence-corrected chi connectivity index (χ3v) is 6.00. The van der Waals surface area contributed by atoms with Crippen molar-refractivity contribution in [1.82, 2.24) is 0 Å². The minimum atomic E-state index is -0.898. The number of carbonyl (C=O) groups excluding carboxylic acids is 2. The van der Waals surface area contributed by atoms with Gasteiger partial charge < -0.3 is 14.9 Å². The Morgan fingerprint density at radius 2 is 1.71 bits per heavy atom. The van der Waals surface area contributed by atoms with Gasteiger partial charge >= 0.3 is 0 Å². The van der Waals surface area contributed by atoms with Crippen molar-refractivity contribution < 1.29 is 24.5 Å². The molecule has 3 aromatic carbocycles. The summed E-state index contributed by atoms with van der Waals surface area (Å²) >= 11 is 0. The van der Waals surface area contributed by atoms with Gasteiger partial charge in [0.15, 0.2) is 0 Å². The number of amides is 1. The maximum atomic E-state index is 13.2. The lowest BCUT2D eigenvalue weighted by molar-refractivity contribution is -0.132. The molecule has 3 aromatic rings. The molecule has 1 heterocycles. The highest BCUT2D eigenvalue weighted by Gasteiger charge is 2.47. The number of aliphatic hydroxyl groups excluding tert-OH is 1. The fourth-order valence-corrected chi connectivity index (χ4v) is 4.07. The van der Waals surface area contributed by atoms with E-state index in [2.05, 4.69) is 0 Å². The first kappa shape index (κ1) is 23.1. The molecular weight excluding hydrogens is 430 g/mol. The van der Waals surface area contributed by atoms with Gasteiger partial charge in [0.25, 0.3) is 11.7 Å². The zero-order chi connectivity index (χ0) is 24.4. The fraction of sp³-hybridized carbons (Fsp3) is 0.214. The van der Waals surface area contributed by atoms with Crippen molar-refractivity contribution in [2.75, 3.05) is 11.5 Å². The van der Waals surface area contributed by atoms with Gasteiger partial charge in [0, 0.05) is 11.3 Å². The molecule has 1 saturated heterocycles. The number of aliphatic hydroxyl groups is 1. The monoisotopic (exact) mass is 457 g/mol. The van der Waals surface area contributed by atoms with E-state index in [1.807, 2.05) is 32.9 Å². The zero-order valence-electron chi connectivity index (χ0n) is 19.4.